The topological polar surface area (TPSA) is 116 Å². The molecule has 2 aliphatic rings. The first-order valence-corrected chi connectivity index (χ1v) is 12.6. The van der Waals surface area contributed by atoms with Crippen LogP contribution in [0.2, 0.25) is 0 Å². The highest BCUT2D eigenvalue weighted by molar-refractivity contribution is 7.99. The number of rotatable bonds is 7. The van der Waals surface area contributed by atoms with Crippen molar-refractivity contribution in [1.82, 2.24) is 34.7 Å². The fourth-order valence-corrected chi connectivity index (χ4v) is 5.71. The second-order valence-electron chi connectivity index (χ2n) is 8.55. The van der Waals surface area contributed by atoms with Crippen LogP contribution in [0.3, 0.4) is 0 Å². The normalized spacial score (nSPS) is 16.3. The van der Waals surface area contributed by atoms with Gasteiger partial charge in [0.05, 0.1) is 18.3 Å². The number of nitrogens with one attached hydrogen (secondary N) is 1. The molecule has 0 spiro atoms. The maximum absolute atomic E-state index is 12.9. The third-order valence-electron chi connectivity index (χ3n) is 6.24. The molecule has 0 bridgehead atoms. The predicted octanol–water partition coefficient (Wildman–Crippen LogP) is 2.07. The number of thioether (sulfide) groups is 1. The van der Waals surface area contributed by atoms with E-state index in [0.29, 0.717) is 29.6 Å². The van der Waals surface area contributed by atoms with Crippen LogP contribution in [0.4, 0.5) is 0 Å². The molecule has 11 heteroatoms. The highest BCUT2D eigenvalue weighted by Crippen LogP contribution is 2.33. The van der Waals surface area contributed by atoms with Crippen LogP contribution < -0.4 is 15.6 Å². The molecule has 1 unspecified atom stereocenters. The van der Waals surface area contributed by atoms with Gasteiger partial charge in [-0.25, -0.2) is 4.98 Å². The zero-order chi connectivity index (χ0) is 23.8. The predicted molar refractivity (Wildman–Crippen MR) is 130 cm³/mol. The van der Waals surface area contributed by atoms with Crippen molar-refractivity contribution < 1.29 is 9.53 Å². The number of carbonyl (C=O) groups is 1. The molecule has 1 aliphatic heterocycles. The fourth-order valence-electron chi connectivity index (χ4n) is 4.55. The molecule has 0 saturated carbocycles. The molecule has 1 aromatic carbocycles. The summed E-state index contributed by atoms with van der Waals surface area (Å²) < 4.78 is 9.10. The number of aryl methyl sites for hydroxylation is 1. The van der Waals surface area contributed by atoms with Crippen molar-refractivity contribution in [2.75, 3.05) is 18.9 Å². The van der Waals surface area contributed by atoms with Crippen LogP contribution in [0.5, 0.6) is 5.88 Å². The molecule has 1 amide bonds. The van der Waals surface area contributed by atoms with Gasteiger partial charge in [-0.3, -0.25) is 14.2 Å². The minimum atomic E-state index is -0.170. The van der Waals surface area contributed by atoms with E-state index < -0.39 is 0 Å². The molecule has 0 fully saturated rings. The van der Waals surface area contributed by atoms with Gasteiger partial charge in [0.15, 0.2) is 16.6 Å². The molecule has 6 rings (SSSR count). The molecule has 4 heterocycles. The molecule has 35 heavy (non-hydrogen) atoms. The maximum Gasteiger partial charge on any atom is 0.257 e. The van der Waals surface area contributed by atoms with Crippen molar-refractivity contribution in [1.29, 1.82) is 0 Å². The minimum Gasteiger partial charge on any atom is -0.475 e. The second-order valence-corrected chi connectivity index (χ2v) is 9.53. The first kappa shape index (κ1) is 21.8. The molecular formula is C24H23N7O3S. The number of hydrogen-bond acceptors (Lipinski definition) is 8. The van der Waals surface area contributed by atoms with Gasteiger partial charge in [-0.1, -0.05) is 42.1 Å². The highest BCUT2D eigenvalue weighted by Gasteiger charge is 2.31. The van der Waals surface area contributed by atoms with E-state index in [1.165, 1.54) is 0 Å². The van der Waals surface area contributed by atoms with Gasteiger partial charge in [0.25, 0.3) is 5.56 Å². The van der Waals surface area contributed by atoms with Crippen LogP contribution in [-0.4, -0.2) is 54.2 Å². The second kappa shape index (κ2) is 9.14. The Morgan fingerprint density at radius 1 is 1.14 bits per heavy atom. The summed E-state index contributed by atoms with van der Waals surface area (Å²) in [6.07, 6.45) is 2.87. The first-order valence-electron chi connectivity index (χ1n) is 11.6. The molecule has 178 valence electrons. The van der Waals surface area contributed by atoms with Crippen LogP contribution in [0.15, 0.2) is 52.4 Å². The first-order chi connectivity index (χ1) is 17.2. The van der Waals surface area contributed by atoms with Crippen molar-refractivity contribution in [3.8, 4) is 17.3 Å². The number of amides is 1. The Hall–Kier alpha value is -3.73. The van der Waals surface area contributed by atoms with Crippen molar-refractivity contribution in [3.63, 3.8) is 0 Å². The minimum absolute atomic E-state index is 0.0268. The van der Waals surface area contributed by atoms with Gasteiger partial charge in [0, 0.05) is 29.4 Å². The molecule has 10 nitrogen and oxygen atoms in total. The van der Waals surface area contributed by atoms with Crippen LogP contribution in [0, 0.1) is 0 Å². The standard InChI is InChI=1S/C24H23N7O3S/c32-20(13-16-14-35-24-26-18-8-4-7-17(18)23(33)30(16)24)25-11-12-34-21-10-9-19-27-28-22(31(19)29-21)15-5-2-1-3-6-15/h1-3,5-6,9-10,16H,4,7-8,11-14H2,(H,25,32). The SMILES string of the molecule is O=C(CC1CSc2nc3c(c(=O)n21)CCC3)NCCOc1ccc2nnc(-c3ccccc3)n2n1. The molecule has 1 aliphatic carbocycles. The number of nitrogens with zero attached hydrogens (tertiary/aromatic N) is 6. The van der Waals surface area contributed by atoms with Gasteiger partial charge in [-0.05, 0) is 25.3 Å². The van der Waals surface area contributed by atoms with Gasteiger partial charge in [-0.15, -0.1) is 15.3 Å². The molecule has 1 atom stereocenters. The van der Waals surface area contributed by atoms with E-state index in [2.05, 4.69) is 25.6 Å². The molecular weight excluding hydrogens is 466 g/mol. The number of aromatic nitrogens is 6. The van der Waals surface area contributed by atoms with E-state index >= 15 is 0 Å². The number of fused-ring (bicyclic) bond motifs is 3. The van der Waals surface area contributed by atoms with Crippen molar-refractivity contribution in [3.05, 3.63) is 64.1 Å². The van der Waals surface area contributed by atoms with Crippen LogP contribution in [0.25, 0.3) is 17.0 Å². The lowest BCUT2D eigenvalue weighted by Gasteiger charge is -2.14. The summed E-state index contributed by atoms with van der Waals surface area (Å²) >= 11 is 1.55. The monoisotopic (exact) mass is 489 g/mol. The Kier molecular flexibility index (Phi) is 5.69. The van der Waals surface area contributed by atoms with Gasteiger partial charge in [0.2, 0.25) is 11.8 Å². The van der Waals surface area contributed by atoms with E-state index in [4.69, 9.17) is 4.74 Å². The lowest BCUT2D eigenvalue weighted by atomic mass is 10.2. The van der Waals surface area contributed by atoms with E-state index in [9.17, 15) is 9.59 Å². The summed E-state index contributed by atoms with van der Waals surface area (Å²) in [6, 6.07) is 13.0. The fraction of sp³-hybridized carbons (Fsp3) is 0.333. The summed E-state index contributed by atoms with van der Waals surface area (Å²) in [5.41, 5.74) is 3.31. The molecule has 0 radical (unpaired) electrons. The van der Waals surface area contributed by atoms with Crippen molar-refractivity contribution >= 4 is 23.3 Å². The Bertz CT molecular complexity index is 1470. The highest BCUT2D eigenvalue weighted by atomic mass is 32.2. The third-order valence-corrected chi connectivity index (χ3v) is 7.34. The Labute approximate surface area is 204 Å². The van der Waals surface area contributed by atoms with Crippen molar-refractivity contribution in [2.24, 2.45) is 0 Å². The Morgan fingerprint density at radius 3 is 2.91 bits per heavy atom. The maximum atomic E-state index is 12.9. The largest absolute Gasteiger partial charge is 0.475 e. The lowest BCUT2D eigenvalue weighted by molar-refractivity contribution is -0.121. The van der Waals surface area contributed by atoms with Crippen LogP contribution >= 0.6 is 11.8 Å². The van der Waals surface area contributed by atoms with E-state index in [-0.39, 0.29) is 30.5 Å². The third kappa shape index (κ3) is 4.16. The number of carbonyl (C=O) groups excluding carboxylic acids is 1. The summed E-state index contributed by atoms with van der Waals surface area (Å²) in [4.78, 5) is 30.1. The van der Waals surface area contributed by atoms with Gasteiger partial charge < -0.3 is 10.1 Å². The summed E-state index contributed by atoms with van der Waals surface area (Å²) in [5.74, 6) is 1.61. The molecule has 0 saturated heterocycles. The van der Waals surface area contributed by atoms with Crippen LogP contribution in [0.1, 0.15) is 30.1 Å². The number of hydrogen-bond donors (Lipinski definition) is 1. The van der Waals surface area contributed by atoms with E-state index in [1.54, 1.807) is 33.0 Å². The molecule has 3 aromatic heterocycles. The summed E-state index contributed by atoms with van der Waals surface area (Å²) in [7, 11) is 0. The summed E-state index contributed by atoms with van der Waals surface area (Å²) in [5, 5.41) is 16.5. The molecule has 1 N–H and O–H groups in total. The van der Waals surface area contributed by atoms with Crippen molar-refractivity contribution in [2.45, 2.75) is 36.9 Å². The lowest BCUT2D eigenvalue weighted by Crippen LogP contribution is -2.33. The van der Waals surface area contributed by atoms with E-state index in [0.717, 1.165) is 41.2 Å². The smallest absolute Gasteiger partial charge is 0.257 e. The Morgan fingerprint density at radius 2 is 2.03 bits per heavy atom. The molecule has 4 aromatic rings. The number of benzene rings is 1. The van der Waals surface area contributed by atoms with Gasteiger partial charge >= 0.3 is 0 Å². The number of ether oxygens (including phenoxy) is 1. The summed E-state index contributed by atoms with van der Waals surface area (Å²) in [6.45, 7) is 0.592. The average Bonchev–Trinajstić information content (AvgIpc) is 3.61. The van der Waals surface area contributed by atoms with E-state index in [1.807, 2.05) is 30.3 Å². The Balaban J connectivity index is 1.05. The van der Waals surface area contributed by atoms with Gasteiger partial charge in [0.1, 0.15) is 6.61 Å². The zero-order valence-electron chi connectivity index (χ0n) is 18.9. The van der Waals surface area contributed by atoms with Gasteiger partial charge in [-0.2, -0.15) is 4.52 Å². The average molecular weight is 490 g/mol. The van der Waals surface area contributed by atoms with Crippen LogP contribution in [-0.2, 0) is 17.6 Å². The quantitative estimate of drug-likeness (QED) is 0.310. The zero-order valence-corrected chi connectivity index (χ0v) is 19.7.